The third-order valence-corrected chi connectivity index (χ3v) is 4.70. The lowest BCUT2D eigenvalue weighted by Gasteiger charge is -2.09. The van der Waals surface area contributed by atoms with Gasteiger partial charge < -0.3 is 24.8 Å². The number of hydrogen-bond donors (Lipinski definition) is 2. The molecule has 2 amide bonds. The second kappa shape index (κ2) is 12.3. The Bertz CT molecular complexity index is 1130. The highest BCUT2D eigenvalue weighted by molar-refractivity contribution is 6.30. The summed E-state index contributed by atoms with van der Waals surface area (Å²) in [7, 11) is 1.59. The molecule has 176 valence electrons. The maximum Gasteiger partial charge on any atom is 0.306 e. The summed E-state index contributed by atoms with van der Waals surface area (Å²) < 4.78 is 15.8. The number of carbonyl (C=O) groups excluding carboxylic acids is 3. The number of ether oxygens (including phenoxy) is 3. The number of anilines is 2. The third-order valence-electron chi connectivity index (χ3n) is 4.46. The molecule has 9 heteroatoms. The lowest BCUT2D eigenvalue weighted by molar-refractivity contribution is -0.147. The fourth-order valence-electron chi connectivity index (χ4n) is 2.81. The minimum Gasteiger partial charge on any atom is -0.497 e. The fraction of sp³-hybridized carbons (Fsp3) is 0.160. The molecule has 0 fully saturated rings. The van der Waals surface area contributed by atoms with Crippen LogP contribution in [-0.4, -0.2) is 31.5 Å². The molecular formula is C25H23ClN2O6. The van der Waals surface area contributed by atoms with Crippen LogP contribution >= 0.6 is 11.6 Å². The first-order valence-corrected chi connectivity index (χ1v) is 10.7. The lowest BCUT2D eigenvalue weighted by Crippen LogP contribution is -2.21. The molecule has 8 nitrogen and oxygen atoms in total. The van der Waals surface area contributed by atoms with E-state index in [-0.39, 0.29) is 18.7 Å². The number of rotatable bonds is 10. The molecule has 0 unspecified atom stereocenters. The SMILES string of the molecule is COc1ccc(Oc2ccc(NC(=O)CCC(=O)OCC(=O)Nc3cccc(Cl)c3)cc2)cc1. The van der Waals surface area contributed by atoms with Crippen LogP contribution in [0.2, 0.25) is 5.02 Å². The molecule has 2 N–H and O–H groups in total. The summed E-state index contributed by atoms with van der Waals surface area (Å²) in [4.78, 5) is 35.8. The fourth-order valence-corrected chi connectivity index (χ4v) is 3.00. The molecule has 0 heterocycles. The van der Waals surface area contributed by atoms with Gasteiger partial charge in [0.05, 0.1) is 13.5 Å². The number of halogens is 1. The van der Waals surface area contributed by atoms with Crippen molar-refractivity contribution in [2.24, 2.45) is 0 Å². The Hall–Kier alpha value is -4.04. The van der Waals surface area contributed by atoms with E-state index in [1.807, 2.05) is 0 Å². The Morgan fingerprint density at radius 1 is 0.765 bits per heavy atom. The number of carbonyl (C=O) groups is 3. The topological polar surface area (TPSA) is 103 Å². The number of amides is 2. The molecule has 0 aliphatic carbocycles. The lowest BCUT2D eigenvalue weighted by atomic mass is 10.2. The number of esters is 1. The van der Waals surface area contributed by atoms with Gasteiger partial charge in [0.15, 0.2) is 6.61 Å². The minimum absolute atomic E-state index is 0.0845. The van der Waals surface area contributed by atoms with Crippen molar-refractivity contribution >= 4 is 40.8 Å². The van der Waals surface area contributed by atoms with Crippen molar-refractivity contribution in [3.8, 4) is 17.2 Å². The van der Waals surface area contributed by atoms with E-state index in [1.165, 1.54) is 0 Å². The average molecular weight is 483 g/mol. The van der Waals surface area contributed by atoms with Crippen LogP contribution in [-0.2, 0) is 19.1 Å². The molecule has 3 rings (SSSR count). The van der Waals surface area contributed by atoms with Gasteiger partial charge in [-0.05, 0) is 66.7 Å². The van der Waals surface area contributed by atoms with E-state index >= 15 is 0 Å². The highest BCUT2D eigenvalue weighted by Crippen LogP contribution is 2.25. The van der Waals surface area contributed by atoms with E-state index in [0.29, 0.717) is 27.9 Å². The minimum atomic E-state index is -0.653. The molecule has 0 spiro atoms. The van der Waals surface area contributed by atoms with Crippen LogP contribution in [0.5, 0.6) is 17.2 Å². The van der Waals surface area contributed by atoms with Crippen molar-refractivity contribution in [3.05, 3.63) is 77.8 Å². The highest BCUT2D eigenvalue weighted by Gasteiger charge is 2.11. The van der Waals surface area contributed by atoms with E-state index in [2.05, 4.69) is 10.6 Å². The Morgan fingerprint density at radius 2 is 1.38 bits per heavy atom. The van der Waals surface area contributed by atoms with Crippen molar-refractivity contribution in [3.63, 3.8) is 0 Å². The summed E-state index contributed by atoms with van der Waals surface area (Å²) >= 11 is 5.85. The van der Waals surface area contributed by atoms with Crippen molar-refractivity contribution in [2.75, 3.05) is 24.4 Å². The number of benzene rings is 3. The summed E-state index contributed by atoms with van der Waals surface area (Å²) in [6.45, 7) is -0.456. The number of nitrogens with one attached hydrogen (secondary N) is 2. The van der Waals surface area contributed by atoms with E-state index in [0.717, 1.165) is 5.75 Å². The van der Waals surface area contributed by atoms with Crippen LogP contribution in [0.25, 0.3) is 0 Å². The zero-order valence-corrected chi connectivity index (χ0v) is 19.1. The van der Waals surface area contributed by atoms with Gasteiger partial charge in [0, 0.05) is 22.8 Å². The van der Waals surface area contributed by atoms with Gasteiger partial charge in [-0.25, -0.2) is 0 Å². The molecule has 0 bridgehead atoms. The quantitative estimate of drug-likeness (QED) is 0.392. The standard InChI is InChI=1S/C25H23ClN2O6/c1-32-20-9-11-22(12-10-20)34-21-7-5-18(6-8-21)27-23(29)13-14-25(31)33-16-24(30)28-19-4-2-3-17(26)15-19/h2-12,15H,13-14,16H2,1H3,(H,27,29)(H,28,30). The van der Waals surface area contributed by atoms with Crippen molar-refractivity contribution in [1.82, 2.24) is 0 Å². The molecule has 0 atom stereocenters. The van der Waals surface area contributed by atoms with Crippen LogP contribution < -0.4 is 20.1 Å². The van der Waals surface area contributed by atoms with E-state index in [4.69, 9.17) is 25.8 Å². The molecule has 34 heavy (non-hydrogen) atoms. The second-order valence-corrected chi connectivity index (χ2v) is 7.51. The summed E-state index contributed by atoms with van der Waals surface area (Å²) in [6, 6.07) is 20.6. The van der Waals surface area contributed by atoms with E-state index < -0.39 is 18.5 Å². The third kappa shape index (κ3) is 8.14. The van der Waals surface area contributed by atoms with Crippen LogP contribution in [0.3, 0.4) is 0 Å². The largest absolute Gasteiger partial charge is 0.497 e. The first-order valence-electron chi connectivity index (χ1n) is 10.3. The maximum atomic E-state index is 12.1. The first-order chi connectivity index (χ1) is 16.4. The molecule has 0 radical (unpaired) electrons. The molecule has 0 aliphatic rings. The highest BCUT2D eigenvalue weighted by atomic mass is 35.5. The summed E-state index contributed by atoms with van der Waals surface area (Å²) in [6.07, 6.45) is -0.242. The maximum absolute atomic E-state index is 12.1. The monoisotopic (exact) mass is 482 g/mol. The molecule has 3 aromatic rings. The van der Waals surface area contributed by atoms with Crippen LogP contribution in [0.15, 0.2) is 72.8 Å². The molecule has 0 aromatic heterocycles. The predicted molar refractivity (Wildman–Crippen MR) is 128 cm³/mol. The van der Waals surface area contributed by atoms with Gasteiger partial charge in [0.25, 0.3) is 5.91 Å². The molecule has 0 saturated heterocycles. The Balaban J connectivity index is 1.36. The average Bonchev–Trinajstić information content (AvgIpc) is 2.83. The van der Waals surface area contributed by atoms with Crippen LogP contribution in [0.4, 0.5) is 11.4 Å². The molecule has 3 aromatic carbocycles. The van der Waals surface area contributed by atoms with Gasteiger partial charge >= 0.3 is 5.97 Å². The van der Waals surface area contributed by atoms with E-state index in [9.17, 15) is 14.4 Å². The number of hydrogen-bond acceptors (Lipinski definition) is 6. The van der Waals surface area contributed by atoms with Crippen molar-refractivity contribution < 1.29 is 28.6 Å². The zero-order chi connectivity index (χ0) is 24.3. The molecule has 0 saturated carbocycles. The van der Waals surface area contributed by atoms with Crippen LogP contribution in [0.1, 0.15) is 12.8 Å². The smallest absolute Gasteiger partial charge is 0.306 e. The van der Waals surface area contributed by atoms with Crippen molar-refractivity contribution in [1.29, 1.82) is 0 Å². The van der Waals surface area contributed by atoms with Gasteiger partial charge in [-0.1, -0.05) is 17.7 Å². The van der Waals surface area contributed by atoms with E-state index in [1.54, 1.807) is 79.9 Å². The molecular weight excluding hydrogens is 460 g/mol. The number of methoxy groups -OCH3 is 1. The van der Waals surface area contributed by atoms with Gasteiger partial charge in [-0.2, -0.15) is 0 Å². The first kappa shape index (κ1) is 24.6. The van der Waals surface area contributed by atoms with Crippen LogP contribution in [0, 0.1) is 0 Å². The second-order valence-electron chi connectivity index (χ2n) is 7.07. The van der Waals surface area contributed by atoms with Gasteiger partial charge in [-0.15, -0.1) is 0 Å². The van der Waals surface area contributed by atoms with Gasteiger partial charge in [0.2, 0.25) is 5.91 Å². The van der Waals surface area contributed by atoms with Crippen molar-refractivity contribution in [2.45, 2.75) is 12.8 Å². The Morgan fingerprint density at radius 3 is 2.03 bits per heavy atom. The Labute approximate surface area is 201 Å². The van der Waals surface area contributed by atoms with Gasteiger partial charge in [0.1, 0.15) is 17.2 Å². The normalized spacial score (nSPS) is 10.2. The summed E-state index contributed by atoms with van der Waals surface area (Å²) in [5.74, 6) is 0.469. The summed E-state index contributed by atoms with van der Waals surface area (Å²) in [5, 5.41) is 5.73. The zero-order valence-electron chi connectivity index (χ0n) is 18.4. The predicted octanol–water partition coefficient (Wildman–Crippen LogP) is 5.04. The summed E-state index contributed by atoms with van der Waals surface area (Å²) in [5.41, 5.74) is 1.05. The molecule has 0 aliphatic heterocycles. The van der Waals surface area contributed by atoms with Gasteiger partial charge in [-0.3, -0.25) is 14.4 Å². The Kier molecular flexibility index (Phi) is 8.88.